The Kier molecular flexibility index (Phi) is 3.23. The van der Waals surface area contributed by atoms with E-state index in [0.29, 0.717) is 0 Å². The molecule has 0 fully saturated rings. The number of rotatable bonds is 4. The van der Waals surface area contributed by atoms with Crippen LogP contribution in [0, 0.1) is 0 Å². The van der Waals surface area contributed by atoms with Gasteiger partial charge in [0.15, 0.2) is 0 Å². The molecule has 0 saturated carbocycles. The fraction of sp³-hybridized carbons (Fsp3) is 0.333. The first-order valence-electron chi connectivity index (χ1n) is 4.99. The molecular formula is C12H15NOS. The van der Waals surface area contributed by atoms with E-state index in [1.807, 2.05) is 23.5 Å². The van der Waals surface area contributed by atoms with Crippen molar-refractivity contribution in [2.45, 2.75) is 13.0 Å². The van der Waals surface area contributed by atoms with E-state index in [-0.39, 0.29) is 0 Å². The van der Waals surface area contributed by atoms with E-state index in [4.69, 9.17) is 4.42 Å². The lowest BCUT2D eigenvalue weighted by Crippen LogP contribution is -2.09. The van der Waals surface area contributed by atoms with Crippen molar-refractivity contribution in [2.75, 3.05) is 14.1 Å². The minimum absolute atomic E-state index is 0.908. The van der Waals surface area contributed by atoms with Gasteiger partial charge in [0.25, 0.3) is 0 Å². The molecule has 0 saturated heterocycles. The van der Waals surface area contributed by atoms with E-state index in [1.54, 1.807) is 6.26 Å². The van der Waals surface area contributed by atoms with Crippen LogP contribution in [0.15, 0.2) is 34.9 Å². The molecule has 0 aliphatic carbocycles. The van der Waals surface area contributed by atoms with Gasteiger partial charge in [-0.3, -0.25) is 0 Å². The normalized spacial score (nSPS) is 11.1. The molecule has 15 heavy (non-hydrogen) atoms. The maximum atomic E-state index is 5.32. The second-order valence-electron chi connectivity index (χ2n) is 3.86. The van der Waals surface area contributed by atoms with Crippen molar-refractivity contribution in [1.29, 1.82) is 0 Å². The van der Waals surface area contributed by atoms with Crippen molar-refractivity contribution in [3.05, 3.63) is 46.0 Å². The molecule has 0 radical (unpaired) electrons. The van der Waals surface area contributed by atoms with Crippen LogP contribution in [0.1, 0.15) is 15.5 Å². The molecule has 0 N–H and O–H groups in total. The first-order valence-corrected chi connectivity index (χ1v) is 5.80. The van der Waals surface area contributed by atoms with Gasteiger partial charge in [0, 0.05) is 22.7 Å². The summed E-state index contributed by atoms with van der Waals surface area (Å²) in [5, 5.41) is 0. The van der Waals surface area contributed by atoms with Crippen LogP contribution in [0.5, 0.6) is 0 Å². The molecular weight excluding hydrogens is 206 g/mol. The average Bonchev–Trinajstić information content (AvgIpc) is 2.77. The largest absolute Gasteiger partial charge is 0.469 e. The van der Waals surface area contributed by atoms with Crippen LogP contribution >= 0.6 is 11.3 Å². The molecule has 0 amide bonds. The van der Waals surface area contributed by atoms with Crippen molar-refractivity contribution in [1.82, 2.24) is 4.90 Å². The SMILES string of the molecule is CN(C)Cc1ccc(Cc2ccco2)s1. The van der Waals surface area contributed by atoms with Gasteiger partial charge in [0.1, 0.15) is 5.76 Å². The minimum atomic E-state index is 0.908. The van der Waals surface area contributed by atoms with Gasteiger partial charge in [-0.2, -0.15) is 0 Å². The maximum absolute atomic E-state index is 5.32. The van der Waals surface area contributed by atoms with E-state index in [9.17, 15) is 0 Å². The third kappa shape index (κ3) is 2.94. The van der Waals surface area contributed by atoms with Crippen molar-refractivity contribution in [3.8, 4) is 0 Å². The molecule has 2 aromatic heterocycles. The van der Waals surface area contributed by atoms with E-state index in [1.165, 1.54) is 9.75 Å². The highest BCUT2D eigenvalue weighted by Crippen LogP contribution is 2.20. The fourth-order valence-electron chi connectivity index (χ4n) is 1.50. The number of hydrogen-bond acceptors (Lipinski definition) is 3. The van der Waals surface area contributed by atoms with Gasteiger partial charge >= 0.3 is 0 Å². The molecule has 0 bridgehead atoms. The summed E-state index contributed by atoms with van der Waals surface area (Å²) in [6.07, 6.45) is 2.63. The van der Waals surface area contributed by atoms with Gasteiger partial charge in [-0.15, -0.1) is 11.3 Å². The van der Waals surface area contributed by atoms with Crippen LogP contribution < -0.4 is 0 Å². The van der Waals surface area contributed by atoms with Crippen LogP contribution in [0.2, 0.25) is 0 Å². The molecule has 2 rings (SSSR count). The van der Waals surface area contributed by atoms with E-state index in [2.05, 4.69) is 31.1 Å². The monoisotopic (exact) mass is 221 g/mol. The Morgan fingerprint density at radius 1 is 1.20 bits per heavy atom. The lowest BCUT2D eigenvalue weighted by atomic mass is 10.3. The minimum Gasteiger partial charge on any atom is -0.469 e. The van der Waals surface area contributed by atoms with Gasteiger partial charge in [0.05, 0.1) is 6.26 Å². The molecule has 0 aliphatic heterocycles. The van der Waals surface area contributed by atoms with Crippen LogP contribution in [0.3, 0.4) is 0 Å². The number of nitrogens with zero attached hydrogens (tertiary/aromatic N) is 1. The first-order chi connectivity index (χ1) is 7.24. The maximum Gasteiger partial charge on any atom is 0.108 e. The first kappa shape index (κ1) is 10.5. The number of furan rings is 1. The molecule has 0 unspecified atom stereocenters. The van der Waals surface area contributed by atoms with Gasteiger partial charge in [0.2, 0.25) is 0 Å². The van der Waals surface area contributed by atoms with Gasteiger partial charge in [-0.25, -0.2) is 0 Å². The molecule has 2 aromatic rings. The molecule has 3 heteroatoms. The Hall–Kier alpha value is -1.06. The van der Waals surface area contributed by atoms with Crippen molar-refractivity contribution in [2.24, 2.45) is 0 Å². The summed E-state index contributed by atoms with van der Waals surface area (Å²) in [6, 6.07) is 8.34. The second kappa shape index (κ2) is 4.64. The number of hydrogen-bond donors (Lipinski definition) is 0. The standard InChI is InChI=1S/C12H15NOS/c1-13(2)9-12-6-5-11(15-12)8-10-4-3-7-14-10/h3-7H,8-9H2,1-2H3. The Morgan fingerprint density at radius 3 is 2.67 bits per heavy atom. The fourth-order valence-corrected chi connectivity index (χ4v) is 2.64. The highest BCUT2D eigenvalue weighted by molar-refractivity contribution is 7.12. The number of thiophene rings is 1. The molecule has 2 nitrogen and oxygen atoms in total. The zero-order valence-electron chi connectivity index (χ0n) is 9.06. The quantitative estimate of drug-likeness (QED) is 0.789. The van der Waals surface area contributed by atoms with Crippen LogP contribution in [-0.2, 0) is 13.0 Å². The zero-order valence-corrected chi connectivity index (χ0v) is 9.88. The summed E-state index contributed by atoms with van der Waals surface area (Å²) in [5.74, 6) is 1.04. The lowest BCUT2D eigenvalue weighted by Gasteiger charge is -2.05. The van der Waals surface area contributed by atoms with E-state index in [0.717, 1.165) is 18.7 Å². The molecule has 0 aliphatic rings. The van der Waals surface area contributed by atoms with Gasteiger partial charge in [-0.05, 0) is 38.4 Å². The zero-order chi connectivity index (χ0) is 10.7. The lowest BCUT2D eigenvalue weighted by molar-refractivity contribution is 0.406. The highest BCUT2D eigenvalue weighted by Gasteiger charge is 2.03. The smallest absolute Gasteiger partial charge is 0.108 e. The van der Waals surface area contributed by atoms with Crippen molar-refractivity contribution >= 4 is 11.3 Å². The summed E-state index contributed by atoms with van der Waals surface area (Å²) >= 11 is 1.86. The Morgan fingerprint density at radius 2 is 2.00 bits per heavy atom. The van der Waals surface area contributed by atoms with Crippen LogP contribution in [-0.4, -0.2) is 19.0 Å². The highest BCUT2D eigenvalue weighted by atomic mass is 32.1. The average molecular weight is 221 g/mol. The molecule has 0 aromatic carbocycles. The van der Waals surface area contributed by atoms with Crippen molar-refractivity contribution < 1.29 is 4.42 Å². The van der Waals surface area contributed by atoms with Gasteiger partial charge in [-0.1, -0.05) is 0 Å². The van der Waals surface area contributed by atoms with Gasteiger partial charge < -0.3 is 9.32 Å². The molecule has 0 atom stereocenters. The topological polar surface area (TPSA) is 16.4 Å². The summed E-state index contributed by atoms with van der Waals surface area (Å²) in [6.45, 7) is 1.02. The summed E-state index contributed by atoms with van der Waals surface area (Å²) in [7, 11) is 4.18. The van der Waals surface area contributed by atoms with Crippen LogP contribution in [0.25, 0.3) is 0 Å². The summed E-state index contributed by atoms with van der Waals surface area (Å²) in [4.78, 5) is 4.95. The second-order valence-corrected chi connectivity index (χ2v) is 5.11. The third-order valence-corrected chi connectivity index (χ3v) is 3.19. The molecule has 80 valence electrons. The summed E-state index contributed by atoms with van der Waals surface area (Å²) in [5.41, 5.74) is 0. The van der Waals surface area contributed by atoms with E-state index >= 15 is 0 Å². The van der Waals surface area contributed by atoms with Crippen molar-refractivity contribution in [3.63, 3.8) is 0 Å². The Balaban J connectivity index is 2.01. The third-order valence-electron chi connectivity index (χ3n) is 2.12. The van der Waals surface area contributed by atoms with Crippen LogP contribution in [0.4, 0.5) is 0 Å². The predicted molar refractivity (Wildman–Crippen MR) is 63.2 cm³/mol. The Bertz CT molecular complexity index is 403. The Labute approximate surface area is 94.1 Å². The summed E-state index contributed by atoms with van der Waals surface area (Å²) < 4.78 is 5.32. The predicted octanol–water partition coefficient (Wildman–Crippen LogP) is 2.99. The molecule has 2 heterocycles. The van der Waals surface area contributed by atoms with E-state index < -0.39 is 0 Å². The molecule has 0 spiro atoms.